The summed E-state index contributed by atoms with van der Waals surface area (Å²) in [5.74, 6) is -2.24. The van der Waals surface area contributed by atoms with Gasteiger partial charge in [-0.3, -0.25) is 15.2 Å². The first kappa shape index (κ1) is 25.0. The maximum atomic E-state index is 13.3. The van der Waals surface area contributed by atoms with E-state index >= 15 is 0 Å². The number of amidine groups is 1. The van der Waals surface area contributed by atoms with E-state index in [1.54, 1.807) is 13.8 Å². The lowest BCUT2D eigenvalue weighted by atomic mass is 10.1. The molecule has 0 saturated heterocycles. The van der Waals surface area contributed by atoms with Gasteiger partial charge in [-0.25, -0.2) is 9.82 Å². The summed E-state index contributed by atoms with van der Waals surface area (Å²) in [6, 6.07) is 3.50. The van der Waals surface area contributed by atoms with Crippen molar-refractivity contribution in [3.05, 3.63) is 52.5 Å². The van der Waals surface area contributed by atoms with Gasteiger partial charge in [0.05, 0.1) is 16.5 Å². The normalized spacial score (nSPS) is 12.5. The van der Waals surface area contributed by atoms with Gasteiger partial charge in [0.25, 0.3) is 0 Å². The number of alkyl halides is 3. The number of nitrogens with zero attached hydrogens (tertiary/aromatic N) is 1. The Balaban J connectivity index is 3.26. The van der Waals surface area contributed by atoms with Gasteiger partial charge in [-0.2, -0.15) is 13.2 Å². The molecular formula is C18H21ClF4N4OS. The van der Waals surface area contributed by atoms with Crippen LogP contribution in [0.2, 0.25) is 5.02 Å². The summed E-state index contributed by atoms with van der Waals surface area (Å²) in [5.41, 5.74) is 3.11. The Kier molecular flexibility index (Phi) is 9.67. The van der Waals surface area contributed by atoms with E-state index < -0.39 is 28.8 Å². The average molecular weight is 453 g/mol. The van der Waals surface area contributed by atoms with Crippen molar-refractivity contribution >= 4 is 40.5 Å². The van der Waals surface area contributed by atoms with Gasteiger partial charge in [0.1, 0.15) is 5.82 Å². The van der Waals surface area contributed by atoms with E-state index in [4.69, 9.17) is 17.0 Å². The summed E-state index contributed by atoms with van der Waals surface area (Å²) in [6.45, 7) is 3.54. The van der Waals surface area contributed by atoms with E-state index in [-0.39, 0.29) is 28.5 Å². The first-order valence-corrected chi connectivity index (χ1v) is 9.70. The van der Waals surface area contributed by atoms with E-state index in [0.717, 1.165) is 17.1 Å². The zero-order valence-electron chi connectivity index (χ0n) is 15.9. The molecule has 0 saturated carbocycles. The Bertz CT molecular complexity index is 797. The molecule has 0 aliphatic rings. The van der Waals surface area contributed by atoms with Crippen LogP contribution < -0.4 is 10.7 Å². The molecule has 0 aliphatic carbocycles. The largest absolute Gasteiger partial charge is 0.398 e. The highest BCUT2D eigenvalue weighted by Crippen LogP contribution is 2.25. The number of hydrogen-bond donors (Lipinski definition) is 3. The second-order valence-corrected chi connectivity index (χ2v) is 7.37. The number of hydrazine groups is 1. The molecular weight excluding hydrogens is 432 g/mol. The molecule has 1 amide bonds. The highest BCUT2D eigenvalue weighted by molar-refractivity contribution is 8.13. The molecule has 0 heterocycles. The second kappa shape index (κ2) is 11.2. The molecule has 1 aromatic carbocycles. The number of carbonyl (C=O) groups excluding carboxylic acids is 1. The van der Waals surface area contributed by atoms with Crippen LogP contribution in [0.5, 0.6) is 0 Å². The lowest BCUT2D eigenvalue weighted by Crippen LogP contribution is -2.38. The lowest BCUT2D eigenvalue weighted by molar-refractivity contribution is -0.117. The van der Waals surface area contributed by atoms with Crippen molar-refractivity contribution < 1.29 is 22.4 Å². The second-order valence-electron chi connectivity index (χ2n) is 6.00. The van der Waals surface area contributed by atoms with Crippen molar-refractivity contribution in [3.63, 3.8) is 0 Å². The van der Waals surface area contributed by atoms with Crippen molar-refractivity contribution in [2.45, 2.75) is 26.1 Å². The fraction of sp³-hybridized carbons (Fsp3) is 0.333. The number of rotatable bonds is 7. The fourth-order valence-corrected chi connectivity index (χ4v) is 2.87. The summed E-state index contributed by atoms with van der Waals surface area (Å²) in [6.07, 6.45) is -0.542. The predicted octanol–water partition coefficient (Wildman–Crippen LogP) is 4.57. The maximum Gasteiger partial charge on any atom is 0.398 e. The molecule has 0 radical (unpaired) electrons. The monoisotopic (exact) mass is 452 g/mol. The Morgan fingerprint density at radius 2 is 2.00 bits per heavy atom. The lowest BCUT2D eigenvalue weighted by Gasteiger charge is -2.25. The molecule has 0 spiro atoms. The van der Waals surface area contributed by atoms with Gasteiger partial charge in [0.2, 0.25) is 5.91 Å². The number of nitrogens with one attached hydrogen (secondary N) is 3. The molecule has 0 atom stereocenters. The van der Waals surface area contributed by atoms with Crippen LogP contribution in [0.1, 0.15) is 19.4 Å². The van der Waals surface area contributed by atoms with Crippen molar-refractivity contribution in [1.82, 2.24) is 15.8 Å². The van der Waals surface area contributed by atoms with Crippen LogP contribution in [0, 0.1) is 11.2 Å². The van der Waals surface area contributed by atoms with E-state index in [9.17, 15) is 22.4 Å². The summed E-state index contributed by atoms with van der Waals surface area (Å²) < 4.78 is 50.8. The van der Waals surface area contributed by atoms with Gasteiger partial charge in [0.15, 0.2) is 5.17 Å². The van der Waals surface area contributed by atoms with Crippen LogP contribution in [0.15, 0.2) is 36.0 Å². The van der Waals surface area contributed by atoms with Gasteiger partial charge < -0.3 is 5.32 Å². The zero-order valence-corrected chi connectivity index (χ0v) is 17.5. The standard InChI is InChI=1S/C18H21ClF4N4OS/c1-11(2)26-16(28)7-6-14(8-12-4-5-13(20)9-15(12)19)27(25-3)17(24)29-10-18(21,22)23/h4-9,11,24-25H,10H2,1-3H3,(H,26,28)/b7-6+,14-8+,24-17?. The molecule has 0 fully saturated rings. The summed E-state index contributed by atoms with van der Waals surface area (Å²) in [5, 5.41) is 11.3. The molecule has 0 bridgehead atoms. The van der Waals surface area contributed by atoms with Crippen LogP contribution in [-0.2, 0) is 4.79 Å². The summed E-state index contributed by atoms with van der Waals surface area (Å²) >= 11 is 6.28. The molecule has 11 heteroatoms. The Morgan fingerprint density at radius 3 is 2.52 bits per heavy atom. The topological polar surface area (TPSA) is 68.2 Å². The number of hydrogen-bond acceptors (Lipinski definition) is 4. The Morgan fingerprint density at radius 1 is 1.34 bits per heavy atom. The Hall–Kier alpha value is -2.04. The van der Waals surface area contributed by atoms with E-state index in [1.807, 2.05) is 0 Å². The molecule has 0 aliphatic heterocycles. The van der Waals surface area contributed by atoms with Crippen LogP contribution in [-0.4, -0.2) is 41.1 Å². The van der Waals surface area contributed by atoms with Crippen molar-refractivity contribution in [2.24, 2.45) is 0 Å². The molecule has 160 valence electrons. The highest BCUT2D eigenvalue weighted by Gasteiger charge is 2.29. The minimum atomic E-state index is -4.45. The molecule has 3 N–H and O–H groups in total. The Labute approximate surface area is 175 Å². The first-order chi connectivity index (χ1) is 13.4. The van der Waals surface area contributed by atoms with Crippen LogP contribution >= 0.6 is 23.4 Å². The molecule has 0 unspecified atom stereocenters. The fourth-order valence-electron chi connectivity index (χ4n) is 2.02. The average Bonchev–Trinajstić information content (AvgIpc) is 2.59. The van der Waals surface area contributed by atoms with Crippen LogP contribution in [0.25, 0.3) is 6.08 Å². The predicted molar refractivity (Wildman–Crippen MR) is 109 cm³/mol. The van der Waals surface area contributed by atoms with Gasteiger partial charge in [-0.15, -0.1) is 0 Å². The van der Waals surface area contributed by atoms with Gasteiger partial charge in [-0.05, 0) is 43.7 Å². The van der Waals surface area contributed by atoms with Gasteiger partial charge in [0, 0.05) is 19.2 Å². The smallest absolute Gasteiger partial charge is 0.350 e. The summed E-state index contributed by atoms with van der Waals surface area (Å²) in [7, 11) is 1.41. The SMILES string of the molecule is CNN(C(=N)SCC(F)(F)F)C(/C=C/C(=O)NC(C)C)=C/c1ccc(F)cc1Cl. The third kappa shape index (κ3) is 9.33. The van der Waals surface area contributed by atoms with Crippen LogP contribution in [0.4, 0.5) is 17.6 Å². The number of benzene rings is 1. The van der Waals surface area contributed by atoms with Gasteiger partial charge >= 0.3 is 6.18 Å². The zero-order chi connectivity index (χ0) is 22.2. The molecule has 29 heavy (non-hydrogen) atoms. The van der Waals surface area contributed by atoms with Crippen molar-refractivity contribution in [2.75, 3.05) is 12.8 Å². The number of halogens is 5. The summed E-state index contributed by atoms with van der Waals surface area (Å²) in [4.78, 5) is 11.9. The van der Waals surface area contributed by atoms with E-state index in [0.29, 0.717) is 5.56 Å². The molecule has 1 rings (SSSR count). The number of carbonyl (C=O) groups is 1. The van der Waals surface area contributed by atoms with E-state index in [1.165, 1.54) is 31.3 Å². The van der Waals surface area contributed by atoms with Crippen molar-refractivity contribution in [1.29, 1.82) is 5.41 Å². The third-order valence-corrected chi connectivity index (χ3v) is 4.41. The minimum absolute atomic E-state index is 0.0630. The number of allylic oxidation sites excluding steroid dienone is 1. The molecule has 5 nitrogen and oxygen atoms in total. The minimum Gasteiger partial charge on any atom is -0.350 e. The van der Waals surface area contributed by atoms with Gasteiger partial charge in [-0.1, -0.05) is 29.4 Å². The number of amides is 1. The first-order valence-electron chi connectivity index (χ1n) is 8.34. The van der Waals surface area contributed by atoms with E-state index in [2.05, 4.69) is 10.7 Å². The molecule has 0 aromatic heterocycles. The molecule has 1 aromatic rings. The quantitative estimate of drug-likeness (QED) is 0.142. The highest BCUT2D eigenvalue weighted by atomic mass is 35.5. The third-order valence-electron chi connectivity index (χ3n) is 3.16. The number of thioether (sulfide) groups is 1. The maximum absolute atomic E-state index is 13.3. The van der Waals surface area contributed by atoms with Crippen molar-refractivity contribution in [3.8, 4) is 0 Å². The van der Waals surface area contributed by atoms with Crippen LogP contribution in [0.3, 0.4) is 0 Å².